The highest BCUT2D eigenvalue weighted by Crippen LogP contribution is 2.44. The lowest BCUT2D eigenvalue weighted by molar-refractivity contribution is 0.0701. The van der Waals surface area contributed by atoms with E-state index < -0.39 is 5.97 Å². The van der Waals surface area contributed by atoms with Gasteiger partial charge in [-0.15, -0.1) is 11.3 Å². The van der Waals surface area contributed by atoms with E-state index in [9.17, 15) is 9.90 Å². The molecule has 0 aromatic carbocycles. The maximum Gasteiger partial charge on any atom is 0.347 e. The molecule has 112 valence electrons. The molecule has 1 aliphatic rings. The van der Waals surface area contributed by atoms with Crippen molar-refractivity contribution in [2.75, 3.05) is 0 Å². The molecule has 1 heterocycles. The summed E-state index contributed by atoms with van der Waals surface area (Å²) in [6, 6.07) is 0. The molecule has 1 aromatic rings. The topological polar surface area (TPSA) is 50.2 Å². The zero-order chi connectivity index (χ0) is 14.9. The Morgan fingerprint density at radius 1 is 1.30 bits per heavy atom. The van der Waals surface area contributed by atoms with Gasteiger partial charge in [0.05, 0.1) is 10.7 Å². The van der Waals surface area contributed by atoms with E-state index in [4.69, 9.17) is 0 Å². The van der Waals surface area contributed by atoms with Gasteiger partial charge >= 0.3 is 5.97 Å². The second-order valence-corrected chi connectivity index (χ2v) is 7.93. The second kappa shape index (κ2) is 5.84. The van der Waals surface area contributed by atoms with Gasteiger partial charge < -0.3 is 5.11 Å². The Hall–Kier alpha value is -0.900. The molecular formula is C16H25NO2S. The molecule has 4 heteroatoms. The lowest BCUT2D eigenvalue weighted by atomic mass is 9.70. The molecule has 2 rings (SSSR count). The zero-order valence-electron chi connectivity index (χ0n) is 12.9. The van der Waals surface area contributed by atoms with E-state index in [-0.39, 0.29) is 0 Å². The highest BCUT2D eigenvalue weighted by molar-refractivity contribution is 7.13. The SMILES string of the molecule is CCc1nc(C2CCC(C(C)(C)C)CC2)sc1C(=O)O. The Morgan fingerprint density at radius 2 is 1.90 bits per heavy atom. The number of carboxylic acids is 1. The lowest BCUT2D eigenvalue weighted by Crippen LogP contribution is -2.25. The maximum absolute atomic E-state index is 11.2. The van der Waals surface area contributed by atoms with E-state index >= 15 is 0 Å². The highest BCUT2D eigenvalue weighted by atomic mass is 32.1. The molecule has 1 aliphatic carbocycles. The first kappa shape index (κ1) is 15.5. The predicted molar refractivity (Wildman–Crippen MR) is 82.6 cm³/mol. The van der Waals surface area contributed by atoms with Gasteiger partial charge in [0.1, 0.15) is 4.88 Å². The molecule has 0 atom stereocenters. The molecular weight excluding hydrogens is 270 g/mol. The molecule has 0 bridgehead atoms. The zero-order valence-corrected chi connectivity index (χ0v) is 13.7. The number of hydrogen-bond donors (Lipinski definition) is 1. The molecule has 1 N–H and O–H groups in total. The summed E-state index contributed by atoms with van der Waals surface area (Å²) in [7, 11) is 0. The van der Waals surface area contributed by atoms with Crippen LogP contribution in [0.25, 0.3) is 0 Å². The van der Waals surface area contributed by atoms with Gasteiger partial charge in [-0.2, -0.15) is 0 Å². The van der Waals surface area contributed by atoms with E-state index in [1.54, 1.807) is 0 Å². The van der Waals surface area contributed by atoms with Crippen LogP contribution < -0.4 is 0 Å². The summed E-state index contributed by atoms with van der Waals surface area (Å²) in [6.07, 6.45) is 5.47. The monoisotopic (exact) mass is 295 g/mol. The fourth-order valence-corrected chi connectivity index (χ4v) is 4.32. The largest absolute Gasteiger partial charge is 0.477 e. The van der Waals surface area contributed by atoms with E-state index in [1.807, 2.05) is 6.92 Å². The van der Waals surface area contributed by atoms with Crippen molar-refractivity contribution in [2.45, 2.75) is 65.7 Å². The minimum Gasteiger partial charge on any atom is -0.477 e. The Morgan fingerprint density at radius 3 is 2.30 bits per heavy atom. The quantitative estimate of drug-likeness (QED) is 0.877. The van der Waals surface area contributed by atoms with Crippen LogP contribution in [0.4, 0.5) is 0 Å². The van der Waals surface area contributed by atoms with Gasteiger partial charge in [0, 0.05) is 5.92 Å². The normalized spacial score (nSPS) is 23.8. The number of aromatic carboxylic acids is 1. The van der Waals surface area contributed by atoms with Crippen molar-refractivity contribution < 1.29 is 9.90 Å². The van der Waals surface area contributed by atoms with Crippen molar-refractivity contribution in [2.24, 2.45) is 11.3 Å². The number of hydrogen-bond acceptors (Lipinski definition) is 3. The standard InChI is InChI=1S/C16H25NO2S/c1-5-12-13(15(18)19)20-14(17-12)10-6-8-11(9-7-10)16(2,3)4/h10-11H,5-9H2,1-4H3,(H,18,19). The Bertz CT molecular complexity index is 479. The summed E-state index contributed by atoms with van der Waals surface area (Å²) in [5, 5.41) is 10.3. The molecule has 1 fully saturated rings. The fraction of sp³-hybridized carbons (Fsp3) is 0.750. The van der Waals surface area contributed by atoms with Gasteiger partial charge in [0.15, 0.2) is 0 Å². The Kier molecular flexibility index (Phi) is 4.52. The van der Waals surface area contributed by atoms with Crippen molar-refractivity contribution in [3.63, 3.8) is 0 Å². The van der Waals surface area contributed by atoms with Crippen molar-refractivity contribution in [3.05, 3.63) is 15.6 Å². The van der Waals surface area contributed by atoms with Gasteiger partial charge in [-0.05, 0) is 43.4 Å². The van der Waals surface area contributed by atoms with Gasteiger partial charge in [0.2, 0.25) is 0 Å². The predicted octanol–water partition coefficient (Wildman–Crippen LogP) is 4.72. The van der Waals surface area contributed by atoms with Crippen LogP contribution in [0.2, 0.25) is 0 Å². The van der Waals surface area contributed by atoms with Crippen LogP contribution in [0.3, 0.4) is 0 Å². The summed E-state index contributed by atoms with van der Waals surface area (Å²) in [4.78, 5) is 16.3. The van der Waals surface area contributed by atoms with Crippen LogP contribution in [0.5, 0.6) is 0 Å². The Balaban J connectivity index is 2.09. The van der Waals surface area contributed by atoms with Crippen LogP contribution in [-0.4, -0.2) is 16.1 Å². The molecule has 1 aromatic heterocycles. The third-order valence-electron chi connectivity index (χ3n) is 4.54. The van der Waals surface area contributed by atoms with Gasteiger partial charge in [-0.3, -0.25) is 0 Å². The molecule has 0 spiro atoms. The number of carboxylic acid groups (broad SMARTS) is 1. The van der Waals surface area contributed by atoms with Crippen molar-refractivity contribution in [1.82, 2.24) is 4.98 Å². The van der Waals surface area contributed by atoms with Crippen LogP contribution in [0.15, 0.2) is 0 Å². The average Bonchev–Trinajstić information content (AvgIpc) is 2.82. The summed E-state index contributed by atoms with van der Waals surface area (Å²) >= 11 is 1.40. The van der Waals surface area contributed by atoms with Gasteiger partial charge in [0.25, 0.3) is 0 Å². The number of rotatable bonds is 3. The van der Waals surface area contributed by atoms with Gasteiger partial charge in [-0.1, -0.05) is 27.7 Å². The molecule has 0 aliphatic heterocycles. The smallest absolute Gasteiger partial charge is 0.347 e. The number of aromatic nitrogens is 1. The van der Waals surface area contributed by atoms with Crippen molar-refractivity contribution >= 4 is 17.3 Å². The summed E-state index contributed by atoms with van der Waals surface area (Å²) in [5.41, 5.74) is 1.14. The van der Waals surface area contributed by atoms with Crippen LogP contribution in [0, 0.1) is 11.3 Å². The third-order valence-corrected chi connectivity index (χ3v) is 5.79. The van der Waals surface area contributed by atoms with Crippen molar-refractivity contribution in [1.29, 1.82) is 0 Å². The first-order valence-corrected chi connectivity index (χ1v) is 8.37. The van der Waals surface area contributed by atoms with E-state index in [0.717, 1.165) is 29.5 Å². The van der Waals surface area contributed by atoms with E-state index in [1.165, 1.54) is 24.2 Å². The number of thiazole rings is 1. The van der Waals surface area contributed by atoms with E-state index in [2.05, 4.69) is 25.8 Å². The van der Waals surface area contributed by atoms with Crippen LogP contribution in [-0.2, 0) is 6.42 Å². The molecule has 0 amide bonds. The fourth-order valence-electron chi connectivity index (χ4n) is 3.16. The molecule has 0 unspecified atom stereocenters. The number of nitrogens with zero attached hydrogens (tertiary/aromatic N) is 1. The highest BCUT2D eigenvalue weighted by Gasteiger charge is 2.32. The lowest BCUT2D eigenvalue weighted by Gasteiger charge is -2.36. The molecule has 1 saturated carbocycles. The van der Waals surface area contributed by atoms with Gasteiger partial charge in [-0.25, -0.2) is 9.78 Å². The number of carbonyl (C=O) groups is 1. The molecule has 3 nitrogen and oxygen atoms in total. The number of aryl methyl sites for hydroxylation is 1. The van der Waals surface area contributed by atoms with Crippen LogP contribution in [0.1, 0.15) is 79.7 Å². The van der Waals surface area contributed by atoms with E-state index in [0.29, 0.717) is 22.6 Å². The molecule has 0 radical (unpaired) electrons. The minimum atomic E-state index is -0.825. The Labute approximate surface area is 125 Å². The molecule has 20 heavy (non-hydrogen) atoms. The minimum absolute atomic E-state index is 0.384. The average molecular weight is 295 g/mol. The third kappa shape index (κ3) is 3.22. The van der Waals surface area contributed by atoms with Crippen LogP contribution >= 0.6 is 11.3 Å². The maximum atomic E-state index is 11.2. The summed E-state index contributed by atoms with van der Waals surface area (Å²) < 4.78 is 0. The first-order chi connectivity index (χ1) is 9.32. The summed E-state index contributed by atoms with van der Waals surface area (Å²) in [5.74, 6) is 0.425. The van der Waals surface area contributed by atoms with Crippen molar-refractivity contribution in [3.8, 4) is 0 Å². The summed E-state index contributed by atoms with van der Waals surface area (Å²) in [6.45, 7) is 8.93. The molecule has 0 saturated heterocycles. The second-order valence-electron chi connectivity index (χ2n) is 6.90. The first-order valence-electron chi connectivity index (χ1n) is 7.55.